The van der Waals surface area contributed by atoms with Gasteiger partial charge in [-0.2, -0.15) is 0 Å². The number of rotatable bonds is 6. The molecule has 1 aliphatic rings. The van der Waals surface area contributed by atoms with E-state index in [-0.39, 0.29) is 0 Å². The van der Waals surface area contributed by atoms with Crippen LogP contribution in [0.15, 0.2) is 0 Å². The minimum absolute atomic E-state index is 0.414. The van der Waals surface area contributed by atoms with Gasteiger partial charge in [-0.05, 0) is 18.3 Å². The zero-order valence-corrected chi connectivity index (χ0v) is 11.7. The molecule has 0 bridgehead atoms. The standard InChI is InChI=1S/C13H23N3O4/c1-8-4-2-3-5-9(8)7-15-13(20)16-10(12(18)19)6-11(14)17/h8-10H,2-7H2,1H3,(H2,14,17)(H,18,19)(H2,15,16,20)/t8?,9?,10-/m1/s1. The Hall–Kier alpha value is -1.79. The Morgan fingerprint density at radius 2 is 1.95 bits per heavy atom. The molecule has 0 aliphatic heterocycles. The fraction of sp³-hybridized carbons (Fsp3) is 0.769. The summed E-state index contributed by atoms with van der Waals surface area (Å²) in [6.07, 6.45) is 4.21. The van der Waals surface area contributed by atoms with Crippen molar-refractivity contribution in [3.63, 3.8) is 0 Å². The lowest BCUT2D eigenvalue weighted by atomic mass is 9.80. The van der Waals surface area contributed by atoms with Gasteiger partial charge in [0.15, 0.2) is 0 Å². The van der Waals surface area contributed by atoms with Gasteiger partial charge >= 0.3 is 12.0 Å². The minimum Gasteiger partial charge on any atom is -0.480 e. The predicted molar refractivity (Wildman–Crippen MR) is 72.9 cm³/mol. The number of carboxylic acids is 1. The van der Waals surface area contributed by atoms with Gasteiger partial charge in [0, 0.05) is 6.54 Å². The molecule has 1 fully saturated rings. The van der Waals surface area contributed by atoms with Gasteiger partial charge in [0.2, 0.25) is 5.91 Å². The molecule has 7 heteroatoms. The third-order valence-corrected chi connectivity index (χ3v) is 3.82. The second-order valence-electron chi connectivity index (χ2n) is 5.44. The van der Waals surface area contributed by atoms with Crippen molar-refractivity contribution in [2.75, 3.05) is 6.54 Å². The van der Waals surface area contributed by atoms with Crippen molar-refractivity contribution in [1.82, 2.24) is 10.6 Å². The molecule has 1 saturated carbocycles. The number of carbonyl (C=O) groups excluding carboxylic acids is 2. The summed E-state index contributed by atoms with van der Waals surface area (Å²) in [6.45, 7) is 2.69. The molecule has 0 spiro atoms. The lowest BCUT2D eigenvalue weighted by Crippen LogP contribution is -2.48. The Morgan fingerprint density at radius 1 is 1.30 bits per heavy atom. The van der Waals surface area contributed by atoms with Crippen molar-refractivity contribution in [3.05, 3.63) is 0 Å². The third kappa shape index (κ3) is 5.46. The van der Waals surface area contributed by atoms with Gasteiger partial charge in [-0.25, -0.2) is 9.59 Å². The number of aliphatic carboxylic acids is 1. The highest BCUT2D eigenvalue weighted by molar-refractivity contribution is 5.87. The van der Waals surface area contributed by atoms with E-state index in [9.17, 15) is 14.4 Å². The summed E-state index contributed by atoms with van der Waals surface area (Å²) >= 11 is 0. The SMILES string of the molecule is CC1CCCCC1CNC(=O)N[C@H](CC(N)=O)C(=O)O. The van der Waals surface area contributed by atoms with Crippen LogP contribution in [0.4, 0.5) is 4.79 Å². The van der Waals surface area contributed by atoms with Crippen LogP contribution in [0.25, 0.3) is 0 Å². The lowest BCUT2D eigenvalue weighted by Gasteiger charge is -2.29. The highest BCUT2D eigenvalue weighted by Crippen LogP contribution is 2.28. The van der Waals surface area contributed by atoms with Crippen LogP contribution in [0.3, 0.4) is 0 Å². The largest absolute Gasteiger partial charge is 0.480 e. The molecule has 1 rings (SSSR count). The van der Waals surface area contributed by atoms with E-state index in [1.807, 2.05) is 0 Å². The van der Waals surface area contributed by atoms with Crippen LogP contribution in [0.2, 0.25) is 0 Å². The molecule has 2 unspecified atom stereocenters. The van der Waals surface area contributed by atoms with Crippen LogP contribution < -0.4 is 16.4 Å². The number of nitrogens with two attached hydrogens (primary N) is 1. The maximum absolute atomic E-state index is 11.7. The van der Waals surface area contributed by atoms with Gasteiger partial charge in [0.1, 0.15) is 6.04 Å². The van der Waals surface area contributed by atoms with Gasteiger partial charge in [-0.3, -0.25) is 4.79 Å². The number of hydrogen-bond donors (Lipinski definition) is 4. The molecule has 114 valence electrons. The zero-order valence-electron chi connectivity index (χ0n) is 11.7. The highest BCUT2D eigenvalue weighted by atomic mass is 16.4. The number of urea groups is 1. The number of carboxylic acid groups (broad SMARTS) is 1. The molecule has 7 nitrogen and oxygen atoms in total. The van der Waals surface area contributed by atoms with Crippen molar-refractivity contribution in [2.45, 2.75) is 45.1 Å². The predicted octanol–water partition coefficient (Wildman–Crippen LogP) is 0.441. The quantitative estimate of drug-likeness (QED) is 0.565. The lowest BCUT2D eigenvalue weighted by molar-refractivity contribution is -0.140. The number of hydrogen-bond acceptors (Lipinski definition) is 3. The maximum Gasteiger partial charge on any atom is 0.326 e. The Balaban J connectivity index is 2.37. The van der Waals surface area contributed by atoms with E-state index in [0.29, 0.717) is 18.4 Å². The molecular formula is C13H23N3O4. The molecule has 0 aromatic heterocycles. The summed E-state index contributed by atoms with van der Waals surface area (Å²) in [5.74, 6) is -1.05. The normalized spacial score (nSPS) is 23.6. The fourth-order valence-corrected chi connectivity index (χ4v) is 2.53. The van der Waals surface area contributed by atoms with Gasteiger partial charge in [0.25, 0.3) is 0 Å². The first-order valence-corrected chi connectivity index (χ1v) is 6.95. The van der Waals surface area contributed by atoms with Gasteiger partial charge in [-0.1, -0.05) is 26.2 Å². The fourth-order valence-electron chi connectivity index (χ4n) is 2.53. The Morgan fingerprint density at radius 3 is 2.50 bits per heavy atom. The second-order valence-corrected chi connectivity index (χ2v) is 5.44. The third-order valence-electron chi connectivity index (χ3n) is 3.82. The molecule has 0 radical (unpaired) electrons. The molecule has 5 N–H and O–H groups in total. The molecule has 0 aromatic rings. The number of amides is 3. The molecule has 3 atom stereocenters. The van der Waals surface area contributed by atoms with Crippen LogP contribution in [-0.2, 0) is 9.59 Å². The van der Waals surface area contributed by atoms with Crippen LogP contribution in [0.5, 0.6) is 0 Å². The van der Waals surface area contributed by atoms with Crippen molar-refractivity contribution in [3.8, 4) is 0 Å². The van der Waals surface area contributed by atoms with Gasteiger partial charge < -0.3 is 21.5 Å². The molecule has 0 saturated heterocycles. The monoisotopic (exact) mass is 285 g/mol. The first kappa shape index (κ1) is 16.3. The Labute approximate surface area is 118 Å². The summed E-state index contributed by atoms with van der Waals surface area (Å²) in [7, 11) is 0. The van der Waals surface area contributed by atoms with Crippen molar-refractivity contribution in [2.24, 2.45) is 17.6 Å². The smallest absolute Gasteiger partial charge is 0.326 e. The van der Waals surface area contributed by atoms with Crippen molar-refractivity contribution in [1.29, 1.82) is 0 Å². The summed E-state index contributed by atoms with van der Waals surface area (Å²) in [4.78, 5) is 33.3. The number of primary amides is 1. The van der Waals surface area contributed by atoms with E-state index in [4.69, 9.17) is 10.8 Å². The molecule has 1 aliphatic carbocycles. The summed E-state index contributed by atoms with van der Waals surface area (Å²) in [5, 5.41) is 13.8. The minimum atomic E-state index is -1.28. The summed E-state index contributed by atoms with van der Waals surface area (Å²) in [6, 6.07) is -1.85. The van der Waals surface area contributed by atoms with Crippen LogP contribution >= 0.6 is 0 Å². The van der Waals surface area contributed by atoms with E-state index in [1.54, 1.807) is 0 Å². The van der Waals surface area contributed by atoms with Gasteiger partial charge in [-0.15, -0.1) is 0 Å². The molecule has 20 heavy (non-hydrogen) atoms. The highest BCUT2D eigenvalue weighted by Gasteiger charge is 2.24. The van der Waals surface area contributed by atoms with Crippen LogP contribution in [0.1, 0.15) is 39.0 Å². The van der Waals surface area contributed by atoms with Crippen molar-refractivity contribution >= 4 is 17.9 Å². The maximum atomic E-state index is 11.7. The van der Waals surface area contributed by atoms with Crippen LogP contribution in [0, 0.1) is 11.8 Å². The van der Waals surface area contributed by atoms with Crippen LogP contribution in [-0.4, -0.2) is 35.6 Å². The summed E-state index contributed by atoms with van der Waals surface area (Å²) < 4.78 is 0. The number of nitrogens with one attached hydrogen (secondary N) is 2. The van der Waals surface area contributed by atoms with E-state index in [0.717, 1.165) is 19.3 Å². The number of carbonyl (C=O) groups is 3. The summed E-state index contributed by atoms with van der Waals surface area (Å²) in [5.41, 5.74) is 4.94. The first-order chi connectivity index (χ1) is 9.40. The average molecular weight is 285 g/mol. The zero-order chi connectivity index (χ0) is 15.1. The Bertz CT molecular complexity index is 373. The molecule has 3 amide bonds. The van der Waals surface area contributed by atoms with E-state index < -0.39 is 30.4 Å². The second kappa shape index (κ2) is 7.72. The molecular weight excluding hydrogens is 262 g/mol. The average Bonchev–Trinajstić information content (AvgIpc) is 2.36. The molecule has 0 heterocycles. The van der Waals surface area contributed by atoms with Crippen molar-refractivity contribution < 1.29 is 19.5 Å². The van der Waals surface area contributed by atoms with E-state index in [2.05, 4.69) is 17.6 Å². The van der Waals surface area contributed by atoms with E-state index in [1.165, 1.54) is 6.42 Å². The van der Waals surface area contributed by atoms with E-state index >= 15 is 0 Å². The molecule has 0 aromatic carbocycles. The Kier molecular flexibility index (Phi) is 6.27. The van der Waals surface area contributed by atoms with Gasteiger partial charge in [0.05, 0.1) is 6.42 Å². The first-order valence-electron chi connectivity index (χ1n) is 6.95. The topological polar surface area (TPSA) is 122 Å².